The maximum Gasteiger partial charge on any atom is 0.339 e. The molecule has 2 fully saturated rings. The number of hydrogen-bond acceptors (Lipinski definition) is 3. The molecule has 1 heterocycles. The van der Waals surface area contributed by atoms with Crippen LogP contribution in [0.5, 0.6) is 5.75 Å². The first-order chi connectivity index (χ1) is 9.13. The van der Waals surface area contributed by atoms with Gasteiger partial charge in [0.1, 0.15) is 11.3 Å². The Morgan fingerprint density at radius 1 is 1.32 bits per heavy atom. The molecule has 1 aliphatic heterocycles. The Bertz CT molecular complexity index is 498. The van der Waals surface area contributed by atoms with Crippen LogP contribution >= 0.6 is 0 Å². The molecule has 1 N–H and O–H groups in total. The van der Waals surface area contributed by atoms with Gasteiger partial charge in [0.25, 0.3) is 0 Å². The maximum atomic E-state index is 11.1. The zero-order valence-electron chi connectivity index (χ0n) is 11.2. The van der Waals surface area contributed by atoms with Gasteiger partial charge in [-0.3, -0.25) is 0 Å². The van der Waals surface area contributed by atoms with Crippen molar-refractivity contribution in [2.75, 3.05) is 25.1 Å². The van der Waals surface area contributed by atoms with Crippen LogP contribution in [0.4, 0.5) is 5.69 Å². The van der Waals surface area contributed by atoms with Gasteiger partial charge in [0.2, 0.25) is 0 Å². The molecule has 0 amide bonds. The van der Waals surface area contributed by atoms with Gasteiger partial charge in [-0.2, -0.15) is 0 Å². The van der Waals surface area contributed by atoms with E-state index in [2.05, 4.69) is 4.90 Å². The first kappa shape index (κ1) is 12.3. The van der Waals surface area contributed by atoms with Crippen molar-refractivity contribution in [1.29, 1.82) is 0 Å². The number of ether oxygens (including phenoxy) is 1. The number of hydrogen-bond donors (Lipinski definition) is 1. The smallest absolute Gasteiger partial charge is 0.339 e. The van der Waals surface area contributed by atoms with Crippen LogP contribution in [0.2, 0.25) is 0 Å². The second-order valence-corrected chi connectivity index (χ2v) is 5.75. The fourth-order valence-corrected chi connectivity index (χ4v) is 3.44. The minimum absolute atomic E-state index is 0.224. The first-order valence-corrected chi connectivity index (χ1v) is 6.80. The number of carboxylic acids is 1. The number of aromatic carboxylic acids is 1. The molecule has 0 aromatic heterocycles. The lowest BCUT2D eigenvalue weighted by atomic mass is 9.78. The van der Waals surface area contributed by atoms with Crippen molar-refractivity contribution in [2.24, 2.45) is 5.41 Å². The SMILES string of the molecule is COc1cc(N2CC3(CCCC3)C2)ccc1C(=O)O. The Kier molecular flexibility index (Phi) is 2.88. The molecule has 0 unspecified atom stereocenters. The first-order valence-electron chi connectivity index (χ1n) is 6.80. The molecule has 1 aliphatic carbocycles. The average Bonchev–Trinajstić information content (AvgIpc) is 2.85. The van der Waals surface area contributed by atoms with E-state index < -0.39 is 5.97 Å². The molecule has 3 rings (SSSR count). The van der Waals surface area contributed by atoms with E-state index in [-0.39, 0.29) is 5.56 Å². The summed E-state index contributed by atoms with van der Waals surface area (Å²) in [6.45, 7) is 2.20. The summed E-state index contributed by atoms with van der Waals surface area (Å²) in [5.41, 5.74) is 1.83. The Labute approximate surface area is 113 Å². The van der Waals surface area contributed by atoms with Crippen LogP contribution in [0.15, 0.2) is 18.2 Å². The quantitative estimate of drug-likeness (QED) is 0.909. The number of rotatable bonds is 3. The van der Waals surface area contributed by atoms with Gasteiger partial charge in [-0.1, -0.05) is 12.8 Å². The zero-order chi connectivity index (χ0) is 13.5. The largest absolute Gasteiger partial charge is 0.496 e. The third-order valence-corrected chi connectivity index (χ3v) is 4.50. The zero-order valence-corrected chi connectivity index (χ0v) is 11.2. The lowest BCUT2D eigenvalue weighted by molar-refractivity contribution is 0.0693. The fourth-order valence-electron chi connectivity index (χ4n) is 3.44. The molecule has 4 heteroatoms. The number of anilines is 1. The van der Waals surface area contributed by atoms with Gasteiger partial charge >= 0.3 is 5.97 Å². The van der Waals surface area contributed by atoms with Crippen LogP contribution in [0.1, 0.15) is 36.0 Å². The van der Waals surface area contributed by atoms with Gasteiger partial charge in [-0.25, -0.2) is 4.79 Å². The van der Waals surface area contributed by atoms with E-state index in [0.29, 0.717) is 11.2 Å². The number of methoxy groups -OCH3 is 1. The highest BCUT2D eigenvalue weighted by molar-refractivity contribution is 5.91. The number of nitrogens with zero attached hydrogens (tertiary/aromatic N) is 1. The van der Waals surface area contributed by atoms with Crippen LogP contribution in [0.3, 0.4) is 0 Å². The monoisotopic (exact) mass is 261 g/mol. The molecule has 4 nitrogen and oxygen atoms in total. The van der Waals surface area contributed by atoms with Crippen molar-refractivity contribution >= 4 is 11.7 Å². The number of carbonyl (C=O) groups is 1. The van der Waals surface area contributed by atoms with E-state index in [0.717, 1.165) is 18.8 Å². The highest BCUT2D eigenvalue weighted by Crippen LogP contribution is 2.47. The van der Waals surface area contributed by atoms with Crippen LogP contribution in [0, 0.1) is 5.41 Å². The maximum absolute atomic E-state index is 11.1. The minimum atomic E-state index is -0.945. The summed E-state index contributed by atoms with van der Waals surface area (Å²) >= 11 is 0. The lowest BCUT2D eigenvalue weighted by Crippen LogP contribution is -2.55. The molecule has 19 heavy (non-hydrogen) atoms. The highest BCUT2D eigenvalue weighted by atomic mass is 16.5. The summed E-state index contributed by atoms with van der Waals surface area (Å²) in [5, 5.41) is 9.07. The molecule has 1 spiro atoms. The highest BCUT2D eigenvalue weighted by Gasteiger charge is 2.44. The molecule has 1 saturated carbocycles. The fraction of sp³-hybridized carbons (Fsp3) is 0.533. The summed E-state index contributed by atoms with van der Waals surface area (Å²) in [7, 11) is 1.51. The Morgan fingerprint density at radius 2 is 2.00 bits per heavy atom. The molecule has 1 aromatic rings. The minimum Gasteiger partial charge on any atom is -0.496 e. The third-order valence-electron chi connectivity index (χ3n) is 4.50. The molecular formula is C15H19NO3. The second-order valence-electron chi connectivity index (χ2n) is 5.75. The summed E-state index contributed by atoms with van der Waals surface area (Å²) in [4.78, 5) is 13.4. The van der Waals surface area contributed by atoms with E-state index in [9.17, 15) is 4.79 Å². The number of benzene rings is 1. The van der Waals surface area contributed by atoms with Crippen LogP contribution in [0.25, 0.3) is 0 Å². The van der Waals surface area contributed by atoms with Crippen molar-refractivity contribution in [2.45, 2.75) is 25.7 Å². The second kappa shape index (κ2) is 4.44. The van der Waals surface area contributed by atoms with Crippen molar-refractivity contribution < 1.29 is 14.6 Å². The van der Waals surface area contributed by atoms with E-state index in [4.69, 9.17) is 9.84 Å². The van der Waals surface area contributed by atoms with Crippen molar-refractivity contribution in [1.82, 2.24) is 0 Å². The summed E-state index contributed by atoms with van der Waals surface area (Å²) in [5.74, 6) is -0.503. The van der Waals surface area contributed by atoms with Crippen molar-refractivity contribution in [3.8, 4) is 5.75 Å². The van der Waals surface area contributed by atoms with Gasteiger partial charge < -0.3 is 14.7 Å². The van der Waals surface area contributed by atoms with E-state index in [1.54, 1.807) is 6.07 Å². The van der Waals surface area contributed by atoms with Crippen molar-refractivity contribution in [3.63, 3.8) is 0 Å². The van der Waals surface area contributed by atoms with E-state index >= 15 is 0 Å². The molecular weight excluding hydrogens is 242 g/mol. The molecule has 1 aromatic carbocycles. The molecule has 0 atom stereocenters. The molecule has 0 bridgehead atoms. The van der Waals surface area contributed by atoms with Gasteiger partial charge in [0.15, 0.2) is 0 Å². The normalized spacial score (nSPS) is 20.4. The Morgan fingerprint density at radius 3 is 2.58 bits per heavy atom. The Hall–Kier alpha value is -1.71. The van der Waals surface area contributed by atoms with Gasteiger partial charge in [-0.05, 0) is 25.0 Å². The van der Waals surface area contributed by atoms with Gasteiger partial charge in [-0.15, -0.1) is 0 Å². The van der Waals surface area contributed by atoms with E-state index in [1.165, 1.54) is 32.8 Å². The van der Waals surface area contributed by atoms with Crippen LogP contribution in [-0.4, -0.2) is 31.3 Å². The summed E-state index contributed by atoms with van der Waals surface area (Å²) in [6, 6.07) is 5.36. The van der Waals surface area contributed by atoms with Crippen LogP contribution in [-0.2, 0) is 0 Å². The van der Waals surface area contributed by atoms with Crippen LogP contribution < -0.4 is 9.64 Å². The average molecular weight is 261 g/mol. The van der Waals surface area contributed by atoms with E-state index in [1.807, 2.05) is 12.1 Å². The topological polar surface area (TPSA) is 49.8 Å². The standard InChI is InChI=1S/C15H19NO3/c1-19-13-8-11(4-5-12(13)14(17)18)16-9-15(10-16)6-2-3-7-15/h4-5,8H,2-3,6-7,9-10H2,1H3,(H,17,18). The number of carboxylic acid groups (broad SMARTS) is 1. The molecule has 2 aliphatic rings. The molecule has 1 saturated heterocycles. The summed E-state index contributed by atoms with van der Waals surface area (Å²) in [6.07, 6.45) is 5.39. The predicted octanol–water partition coefficient (Wildman–Crippen LogP) is 2.77. The Balaban J connectivity index is 1.78. The molecule has 0 radical (unpaired) electrons. The third kappa shape index (κ3) is 2.05. The van der Waals surface area contributed by atoms with Gasteiger partial charge in [0.05, 0.1) is 7.11 Å². The summed E-state index contributed by atoms with van der Waals surface area (Å²) < 4.78 is 5.18. The van der Waals surface area contributed by atoms with Gasteiger partial charge in [0, 0.05) is 30.3 Å². The van der Waals surface area contributed by atoms with Crippen molar-refractivity contribution in [3.05, 3.63) is 23.8 Å². The molecule has 102 valence electrons. The lowest BCUT2D eigenvalue weighted by Gasteiger charge is -2.49. The predicted molar refractivity (Wildman–Crippen MR) is 73.1 cm³/mol.